The predicted octanol–water partition coefficient (Wildman–Crippen LogP) is 4.85. The molecule has 0 aliphatic heterocycles. The van der Waals surface area contributed by atoms with Gasteiger partial charge in [-0.2, -0.15) is 4.98 Å². The van der Waals surface area contributed by atoms with E-state index in [2.05, 4.69) is 20.6 Å². The molecule has 2 N–H and O–H groups in total. The van der Waals surface area contributed by atoms with Crippen molar-refractivity contribution in [3.05, 3.63) is 65.4 Å². The number of methoxy groups -OCH3 is 1. The molecule has 0 atom stereocenters. The average Bonchev–Trinajstić information content (AvgIpc) is 3.16. The largest absolute Gasteiger partial charge is 0.494 e. The average molecular weight is 454 g/mol. The summed E-state index contributed by atoms with van der Waals surface area (Å²) < 4.78 is 39.8. The van der Waals surface area contributed by atoms with Gasteiger partial charge in [-0.05, 0) is 23.3 Å². The number of carbonyl (C=O) groups excluding carboxylic acids is 1. The molecule has 0 fully saturated rings. The van der Waals surface area contributed by atoms with Crippen LogP contribution in [-0.2, 0) is 23.6 Å². The van der Waals surface area contributed by atoms with E-state index in [1.807, 2.05) is 24.3 Å². The lowest BCUT2D eigenvalue weighted by Crippen LogP contribution is -2.21. The molecule has 0 saturated carbocycles. The normalized spacial score (nSPS) is 13.4. The first-order chi connectivity index (χ1) is 15.7. The Hall–Kier alpha value is -3.75. The van der Waals surface area contributed by atoms with E-state index in [0.717, 1.165) is 24.2 Å². The SMILES string of the molecule is COc1cc(NC(C)=O)ccc1Nc1ncc(C(C)(F)F)c(OC2Cc3ccccc3C2)n1. The topological polar surface area (TPSA) is 85.4 Å². The predicted molar refractivity (Wildman–Crippen MR) is 120 cm³/mol. The van der Waals surface area contributed by atoms with E-state index < -0.39 is 5.92 Å². The summed E-state index contributed by atoms with van der Waals surface area (Å²) in [7, 11) is 1.48. The second kappa shape index (κ2) is 9.01. The van der Waals surface area contributed by atoms with Crippen molar-refractivity contribution in [3.8, 4) is 11.6 Å². The number of nitrogens with one attached hydrogen (secondary N) is 2. The van der Waals surface area contributed by atoms with Crippen molar-refractivity contribution in [2.75, 3.05) is 17.7 Å². The quantitative estimate of drug-likeness (QED) is 0.531. The van der Waals surface area contributed by atoms with Crippen LogP contribution in [0.25, 0.3) is 0 Å². The van der Waals surface area contributed by atoms with Gasteiger partial charge in [0.1, 0.15) is 17.4 Å². The Morgan fingerprint density at radius 3 is 2.45 bits per heavy atom. The van der Waals surface area contributed by atoms with Crippen LogP contribution in [-0.4, -0.2) is 29.1 Å². The summed E-state index contributed by atoms with van der Waals surface area (Å²) in [5.41, 5.74) is 2.96. The minimum atomic E-state index is -3.17. The second-order valence-corrected chi connectivity index (χ2v) is 7.94. The molecule has 4 rings (SSSR count). The summed E-state index contributed by atoms with van der Waals surface area (Å²) in [4.78, 5) is 19.6. The number of ether oxygens (including phenoxy) is 2. The first kappa shape index (κ1) is 22.4. The van der Waals surface area contributed by atoms with Crippen molar-refractivity contribution in [1.82, 2.24) is 9.97 Å². The van der Waals surface area contributed by atoms with Gasteiger partial charge in [-0.15, -0.1) is 0 Å². The van der Waals surface area contributed by atoms with Crippen molar-refractivity contribution in [2.24, 2.45) is 0 Å². The molecular formula is C24H24F2N4O3. The van der Waals surface area contributed by atoms with Crippen LogP contribution in [0.2, 0.25) is 0 Å². The Balaban J connectivity index is 1.60. The van der Waals surface area contributed by atoms with Gasteiger partial charge in [-0.25, -0.2) is 13.8 Å². The lowest BCUT2D eigenvalue weighted by Gasteiger charge is -2.19. The maximum absolute atomic E-state index is 14.2. The van der Waals surface area contributed by atoms with E-state index in [1.165, 1.54) is 14.0 Å². The van der Waals surface area contributed by atoms with E-state index >= 15 is 0 Å². The number of fused-ring (bicyclic) bond motifs is 1. The number of nitrogens with zero attached hydrogens (tertiary/aromatic N) is 2. The third kappa shape index (κ3) is 5.19. The first-order valence-corrected chi connectivity index (χ1v) is 10.4. The smallest absolute Gasteiger partial charge is 0.277 e. The maximum atomic E-state index is 14.2. The number of amides is 1. The lowest BCUT2D eigenvalue weighted by atomic mass is 10.1. The van der Waals surface area contributed by atoms with Gasteiger partial charge in [0, 0.05) is 44.6 Å². The van der Waals surface area contributed by atoms with Gasteiger partial charge in [0.2, 0.25) is 17.7 Å². The first-order valence-electron chi connectivity index (χ1n) is 10.4. The minimum absolute atomic E-state index is 0.0825. The minimum Gasteiger partial charge on any atom is -0.494 e. The number of carbonyl (C=O) groups is 1. The molecule has 1 aromatic heterocycles. The number of rotatable bonds is 7. The molecule has 2 aromatic carbocycles. The Morgan fingerprint density at radius 1 is 1.15 bits per heavy atom. The molecule has 0 spiro atoms. The number of aromatic nitrogens is 2. The lowest BCUT2D eigenvalue weighted by molar-refractivity contribution is -0.114. The van der Waals surface area contributed by atoms with E-state index in [-0.39, 0.29) is 29.4 Å². The molecule has 1 aliphatic rings. The van der Waals surface area contributed by atoms with E-state index in [0.29, 0.717) is 30.0 Å². The molecule has 1 aliphatic carbocycles. The molecule has 0 radical (unpaired) electrons. The third-order valence-electron chi connectivity index (χ3n) is 5.29. The standard InChI is InChI=1S/C24H24F2N4O3/c1-14(31)28-17-8-9-20(21(12-17)32-3)29-23-27-13-19(24(2,25)26)22(30-23)33-18-10-15-6-4-5-7-16(15)11-18/h4-9,12-13,18H,10-11H2,1-3H3,(H,28,31)(H,27,29,30). The monoisotopic (exact) mass is 454 g/mol. The van der Waals surface area contributed by atoms with Crippen LogP contribution in [0.4, 0.5) is 26.1 Å². The maximum Gasteiger partial charge on any atom is 0.277 e. The molecule has 1 heterocycles. The summed E-state index contributed by atoms with van der Waals surface area (Å²) in [6.07, 6.45) is 2.02. The number of hydrogen-bond donors (Lipinski definition) is 2. The molecule has 3 aromatic rings. The molecule has 1 amide bonds. The summed E-state index contributed by atoms with van der Waals surface area (Å²) >= 11 is 0. The van der Waals surface area contributed by atoms with Crippen LogP contribution < -0.4 is 20.1 Å². The zero-order chi connectivity index (χ0) is 23.6. The second-order valence-electron chi connectivity index (χ2n) is 7.94. The van der Waals surface area contributed by atoms with Gasteiger partial charge < -0.3 is 20.1 Å². The molecule has 33 heavy (non-hydrogen) atoms. The molecule has 9 heteroatoms. The van der Waals surface area contributed by atoms with Crippen molar-refractivity contribution < 1.29 is 23.0 Å². The molecule has 172 valence electrons. The summed E-state index contributed by atoms with van der Waals surface area (Å²) in [5.74, 6) is -3.04. The van der Waals surface area contributed by atoms with Gasteiger partial charge in [0.05, 0.1) is 12.8 Å². The molecule has 7 nitrogen and oxygen atoms in total. The van der Waals surface area contributed by atoms with E-state index in [1.54, 1.807) is 18.2 Å². The third-order valence-corrected chi connectivity index (χ3v) is 5.29. The van der Waals surface area contributed by atoms with Crippen LogP contribution in [0.3, 0.4) is 0 Å². The van der Waals surface area contributed by atoms with Crippen molar-refractivity contribution >= 4 is 23.2 Å². The highest BCUT2D eigenvalue weighted by atomic mass is 19.3. The van der Waals surface area contributed by atoms with Crippen molar-refractivity contribution in [2.45, 2.75) is 38.7 Å². The summed E-state index contributed by atoms with van der Waals surface area (Å²) in [6, 6.07) is 12.9. The number of anilines is 3. The molecule has 0 bridgehead atoms. The van der Waals surface area contributed by atoms with Gasteiger partial charge >= 0.3 is 0 Å². The Labute approximate surface area is 190 Å². The van der Waals surface area contributed by atoms with Crippen LogP contribution >= 0.6 is 0 Å². The number of benzene rings is 2. The Kier molecular flexibility index (Phi) is 6.13. The Morgan fingerprint density at radius 2 is 1.85 bits per heavy atom. The van der Waals surface area contributed by atoms with Gasteiger partial charge in [0.15, 0.2) is 0 Å². The number of alkyl halides is 2. The van der Waals surface area contributed by atoms with E-state index in [4.69, 9.17) is 9.47 Å². The van der Waals surface area contributed by atoms with Crippen LogP contribution in [0, 0.1) is 0 Å². The highest BCUT2D eigenvalue weighted by Gasteiger charge is 2.33. The summed E-state index contributed by atoms with van der Waals surface area (Å²) in [6.45, 7) is 2.20. The summed E-state index contributed by atoms with van der Waals surface area (Å²) in [5, 5.41) is 5.65. The molecular weight excluding hydrogens is 430 g/mol. The van der Waals surface area contributed by atoms with Crippen LogP contribution in [0.15, 0.2) is 48.7 Å². The number of halogens is 2. The zero-order valence-corrected chi connectivity index (χ0v) is 18.5. The Bertz CT molecular complexity index is 1160. The molecule has 0 unspecified atom stereocenters. The highest BCUT2D eigenvalue weighted by molar-refractivity contribution is 5.89. The van der Waals surface area contributed by atoms with E-state index in [9.17, 15) is 13.6 Å². The fourth-order valence-electron chi connectivity index (χ4n) is 3.77. The fourth-order valence-corrected chi connectivity index (χ4v) is 3.77. The van der Waals surface area contributed by atoms with Gasteiger partial charge in [-0.3, -0.25) is 4.79 Å². The zero-order valence-electron chi connectivity index (χ0n) is 18.5. The fraction of sp³-hybridized carbons (Fsp3) is 0.292. The van der Waals surface area contributed by atoms with Crippen LogP contribution in [0.5, 0.6) is 11.6 Å². The van der Waals surface area contributed by atoms with Crippen molar-refractivity contribution in [1.29, 1.82) is 0 Å². The number of hydrogen-bond acceptors (Lipinski definition) is 6. The highest BCUT2D eigenvalue weighted by Crippen LogP contribution is 2.36. The van der Waals surface area contributed by atoms with Crippen molar-refractivity contribution in [3.63, 3.8) is 0 Å². The van der Waals surface area contributed by atoms with Gasteiger partial charge in [-0.1, -0.05) is 24.3 Å². The molecule has 0 saturated heterocycles. The van der Waals surface area contributed by atoms with Crippen LogP contribution in [0.1, 0.15) is 30.5 Å². The van der Waals surface area contributed by atoms with Gasteiger partial charge in [0.25, 0.3) is 5.92 Å².